The standard InChI is InChI=1S/C28H26FNO4/c1-17(2)16-34-22-14-8-19(9-15-22)26(31)24-25(23-7-5-4-6-18(23)3)30(28(33)27(24)32)21-12-10-20(29)11-13-21/h4-15,17,25,31H,16H2,1-3H3/b26-24-. The molecule has 174 valence electrons. The SMILES string of the molecule is Cc1ccccc1C1/C(=C(/O)c2ccc(OCC(C)C)cc2)C(=O)C(=O)N1c1ccc(F)cc1. The number of hydrogen-bond donors (Lipinski definition) is 1. The first kappa shape index (κ1) is 23.2. The number of carbonyl (C=O) groups is 2. The number of ether oxygens (including phenoxy) is 1. The Balaban J connectivity index is 1.83. The van der Waals surface area contributed by atoms with Gasteiger partial charge in [0.05, 0.1) is 18.2 Å². The number of carbonyl (C=O) groups excluding carboxylic acids is 2. The van der Waals surface area contributed by atoms with Gasteiger partial charge in [-0.25, -0.2) is 4.39 Å². The summed E-state index contributed by atoms with van der Waals surface area (Å²) in [7, 11) is 0. The molecule has 1 unspecified atom stereocenters. The third-order valence-corrected chi connectivity index (χ3v) is 5.74. The quantitative estimate of drug-likeness (QED) is 0.288. The van der Waals surface area contributed by atoms with E-state index in [0.717, 1.165) is 5.56 Å². The van der Waals surface area contributed by atoms with Crippen LogP contribution >= 0.6 is 0 Å². The molecule has 4 rings (SSSR count). The maximum Gasteiger partial charge on any atom is 0.300 e. The van der Waals surface area contributed by atoms with Gasteiger partial charge in [0.15, 0.2) is 0 Å². The highest BCUT2D eigenvalue weighted by molar-refractivity contribution is 6.51. The molecule has 0 aromatic heterocycles. The second kappa shape index (κ2) is 9.51. The Bertz CT molecular complexity index is 1250. The number of ketones is 1. The van der Waals surface area contributed by atoms with E-state index in [0.29, 0.717) is 35.1 Å². The number of anilines is 1. The predicted molar refractivity (Wildman–Crippen MR) is 129 cm³/mol. The number of rotatable bonds is 6. The fourth-order valence-electron chi connectivity index (χ4n) is 4.02. The van der Waals surface area contributed by atoms with Crippen LogP contribution in [0.5, 0.6) is 5.75 Å². The molecular formula is C28H26FNO4. The maximum absolute atomic E-state index is 13.6. The number of nitrogens with zero attached hydrogens (tertiary/aromatic N) is 1. The zero-order chi connectivity index (χ0) is 24.4. The first-order chi connectivity index (χ1) is 16.3. The molecule has 1 saturated heterocycles. The zero-order valence-corrected chi connectivity index (χ0v) is 19.3. The molecule has 0 saturated carbocycles. The highest BCUT2D eigenvalue weighted by Crippen LogP contribution is 2.43. The lowest BCUT2D eigenvalue weighted by Gasteiger charge is -2.26. The lowest BCUT2D eigenvalue weighted by atomic mass is 9.92. The van der Waals surface area contributed by atoms with Crippen LogP contribution in [0, 0.1) is 18.7 Å². The van der Waals surface area contributed by atoms with Gasteiger partial charge in [-0.2, -0.15) is 0 Å². The van der Waals surface area contributed by atoms with Crippen molar-refractivity contribution in [2.75, 3.05) is 11.5 Å². The number of hydrogen-bond acceptors (Lipinski definition) is 4. The first-order valence-electron chi connectivity index (χ1n) is 11.1. The van der Waals surface area contributed by atoms with Crippen molar-refractivity contribution in [2.24, 2.45) is 5.92 Å². The summed E-state index contributed by atoms with van der Waals surface area (Å²) in [6.45, 7) is 6.53. The number of aliphatic hydroxyl groups is 1. The van der Waals surface area contributed by atoms with Crippen molar-refractivity contribution in [3.05, 3.63) is 101 Å². The number of aryl methyl sites for hydroxylation is 1. The Kier molecular flexibility index (Phi) is 6.50. The Labute approximate surface area is 198 Å². The summed E-state index contributed by atoms with van der Waals surface area (Å²) in [5.74, 6) is -1.29. The highest BCUT2D eigenvalue weighted by atomic mass is 19.1. The maximum atomic E-state index is 13.6. The van der Waals surface area contributed by atoms with E-state index in [-0.39, 0.29) is 11.3 Å². The smallest absolute Gasteiger partial charge is 0.300 e. The van der Waals surface area contributed by atoms with E-state index >= 15 is 0 Å². The number of benzene rings is 3. The van der Waals surface area contributed by atoms with Gasteiger partial charge in [0.2, 0.25) is 0 Å². The molecule has 0 radical (unpaired) electrons. The third kappa shape index (κ3) is 4.44. The summed E-state index contributed by atoms with van der Waals surface area (Å²) in [5.41, 5.74) is 2.30. The Hall–Kier alpha value is -3.93. The first-order valence-corrected chi connectivity index (χ1v) is 11.1. The van der Waals surface area contributed by atoms with E-state index in [1.807, 2.05) is 45.0 Å². The van der Waals surface area contributed by atoms with Gasteiger partial charge in [-0.05, 0) is 72.5 Å². The van der Waals surface area contributed by atoms with E-state index < -0.39 is 23.5 Å². The topological polar surface area (TPSA) is 66.8 Å². The summed E-state index contributed by atoms with van der Waals surface area (Å²) < 4.78 is 19.3. The number of aliphatic hydroxyl groups excluding tert-OH is 1. The molecule has 1 fully saturated rings. The van der Waals surface area contributed by atoms with Crippen LogP contribution in [0.3, 0.4) is 0 Å². The van der Waals surface area contributed by atoms with Gasteiger partial charge in [-0.3, -0.25) is 14.5 Å². The van der Waals surface area contributed by atoms with Crippen molar-refractivity contribution in [1.29, 1.82) is 0 Å². The van der Waals surface area contributed by atoms with E-state index in [2.05, 4.69) is 0 Å². The van der Waals surface area contributed by atoms with Crippen molar-refractivity contribution >= 4 is 23.1 Å². The molecular weight excluding hydrogens is 433 g/mol. The molecule has 1 atom stereocenters. The molecule has 1 aliphatic heterocycles. The second-order valence-electron chi connectivity index (χ2n) is 8.73. The summed E-state index contributed by atoms with van der Waals surface area (Å²) in [6.07, 6.45) is 0. The molecule has 3 aromatic carbocycles. The minimum Gasteiger partial charge on any atom is -0.507 e. The molecule has 6 heteroatoms. The van der Waals surface area contributed by atoms with E-state index in [9.17, 15) is 19.1 Å². The third-order valence-electron chi connectivity index (χ3n) is 5.74. The van der Waals surface area contributed by atoms with Crippen LogP contribution in [0.4, 0.5) is 10.1 Å². The van der Waals surface area contributed by atoms with Gasteiger partial charge < -0.3 is 9.84 Å². The molecule has 5 nitrogen and oxygen atoms in total. The normalized spacial score (nSPS) is 17.4. The van der Waals surface area contributed by atoms with Crippen molar-refractivity contribution < 1.29 is 23.8 Å². The number of halogens is 1. The van der Waals surface area contributed by atoms with E-state index in [1.165, 1.54) is 29.2 Å². The molecule has 0 aliphatic carbocycles. The predicted octanol–water partition coefficient (Wildman–Crippen LogP) is 5.80. The Morgan fingerprint density at radius 3 is 2.26 bits per heavy atom. The lowest BCUT2D eigenvalue weighted by molar-refractivity contribution is -0.132. The summed E-state index contributed by atoms with van der Waals surface area (Å²) in [4.78, 5) is 27.7. The van der Waals surface area contributed by atoms with Crippen molar-refractivity contribution in [3.63, 3.8) is 0 Å². The summed E-state index contributed by atoms with van der Waals surface area (Å²) in [6, 6.07) is 18.6. The minimum absolute atomic E-state index is 0.0144. The van der Waals surface area contributed by atoms with Gasteiger partial charge >= 0.3 is 0 Å². The summed E-state index contributed by atoms with van der Waals surface area (Å²) >= 11 is 0. The average molecular weight is 460 g/mol. The van der Waals surface area contributed by atoms with Crippen molar-refractivity contribution in [2.45, 2.75) is 26.8 Å². The van der Waals surface area contributed by atoms with Crippen LogP contribution < -0.4 is 9.64 Å². The molecule has 3 aromatic rings. The van der Waals surface area contributed by atoms with Gasteiger partial charge in [0.1, 0.15) is 17.3 Å². The average Bonchev–Trinajstić information content (AvgIpc) is 3.09. The van der Waals surface area contributed by atoms with Crippen LogP contribution in [0.1, 0.15) is 36.6 Å². The van der Waals surface area contributed by atoms with Gasteiger partial charge in [-0.15, -0.1) is 0 Å². The molecule has 1 aliphatic rings. The van der Waals surface area contributed by atoms with Crippen LogP contribution in [0.2, 0.25) is 0 Å². The second-order valence-corrected chi connectivity index (χ2v) is 8.73. The minimum atomic E-state index is -0.858. The molecule has 1 N–H and O–H groups in total. The number of Topliss-reactive ketones (excluding diaryl/α,β-unsaturated/α-hetero) is 1. The van der Waals surface area contributed by atoms with Crippen LogP contribution in [0.15, 0.2) is 78.4 Å². The highest BCUT2D eigenvalue weighted by Gasteiger charge is 2.47. The van der Waals surface area contributed by atoms with Crippen molar-refractivity contribution in [3.8, 4) is 5.75 Å². The van der Waals surface area contributed by atoms with Crippen LogP contribution in [-0.2, 0) is 9.59 Å². The van der Waals surface area contributed by atoms with E-state index in [1.54, 1.807) is 24.3 Å². The van der Waals surface area contributed by atoms with Crippen molar-refractivity contribution in [1.82, 2.24) is 0 Å². The van der Waals surface area contributed by atoms with Gasteiger partial charge in [0.25, 0.3) is 11.7 Å². The van der Waals surface area contributed by atoms with Gasteiger partial charge in [0, 0.05) is 11.3 Å². The molecule has 0 bridgehead atoms. The molecule has 1 amide bonds. The van der Waals surface area contributed by atoms with E-state index in [4.69, 9.17) is 4.74 Å². The molecule has 1 heterocycles. The molecule has 34 heavy (non-hydrogen) atoms. The largest absolute Gasteiger partial charge is 0.507 e. The lowest BCUT2D eigenvalue weighted by Crippen LogP contribution is -2.29. The zero-order valence-electron chi connectivity index (χ0n) is 19.3. The fraction of sp³-hybridized carbons (Fsp3) is 0.214. The Morgan fingerprint density at radius 2 is 1.65 bits per heavy atom. The van der Waals surface area contributed by atoms with Crippen LogP contribution in [0.25, 0.3) is 5.76 Å². The molecule has 0 spiro atoms. The monoisotopic (exact) mass is 459 g/mol. The fourth-order valence-corrected chi connectivity index (χ4v) is 4.02. The van der Waals surface area contributed by atoms with Gasteiger partial charge in [-0.1, -0.05) is 38.1 Å². The number of amides is 1. The summed E-state index contributed by atoms with van der Waals surface area (Å²) in [5, 5.41) is 11.2. The Morgan fingerprint density at radius 1 is 1.00 bits per heavy atom. The van der Waals surface area contributed by atoms with Crippen LogP contribution in [-0.4, -0.2) is 23.4 Å².